The summed E-state index contributed by atoms with van der Waals surface area (Å²) in [5, 5.41) is 3.31. The van der Waals surface area contributed by atoms with E-state index in [1.54, 1.807) is 0 Å². The summed E-state index contributed by atoms with van der Waals surface area (Å²) in [6.07, 6.45) is 4.71. The van der Waals surface area contributed by atoms with Gasteiger partial charge in [0.2, 0.25) is 5.91 Å². The van der Waals surface area contributed by atoms with E-state index < -0.39 is 0 Å². The number of carbonyl (C=O) groups is 1. The lowest BCUT2D eigenvalue weighted by Gasteiger charge is -2.31. The summed E-state index contributed by atoms with van der Waals surface area (Å²) in [6, 6.07) is 0. The van der Waals surface area contributed by atoms with Crippen LogP contribution in [0.4, 0.5) is 0 Å². The summed E-state index contributed by atoms with van der Waals surface area (Å²) in [4.78, 5) is 14.6. The van der Waals surface area contributed by atoms with Gasteiger partial charge in [-0.15, -0.1) is 12.4 Å². The average molecular weight is 261 g/mol. The molecule has 0 aromatic rings. The van der Waals surface area contributed by atoms with Gasteiger partial charge < -0.3 is 10.2 Å². The number of hydrogen-bond acceptors (Lipinski definition) is 2. The Morgan fingerprint density at radius 2 is 2.18 bits per heavy atom. The highest BCUT2D eigenvalue weighted by molar-refractivity contribution is 5.85. The van der Waals surface area contributed by atoms with Crippen molar-refractivity contribution in [2.45, 2.75) is 39.5 Å². The molecule has 1 saturated heterocycles. The highest BCUT2D eigenvalue weighted by Crippen LogP contribution is 2.33. The molecule has 0 spiro atoms. The van der Waals surface area contributed by atoms with Gasteiger partial charge in [0, 0.05) is 19.6 Å². The molecule has 1 unspecified atom stereocenters. The number of nitrogens with one attached hydrogen (secondary N) is 1. The predicted octanol–water partition coefficient (Wildman–Crippen LogP) is 2.06. The summed E-state index contributed by atoms with van der Waals surface area (Å²) < 4.78 is 0. The Balaban J connectivity index is 0.00000144. The van der Waals surface area contributed by atoms with Crippen LogP contribution in [0.25, 0.3) is 0 Å². The van der Waals surface area contributed by atoms with Crippen molar-refractivity contribution in [3.05, 3.63) is 0 Å². The van der Waals surface area contributed by atoms with Crippen molar-refractivity contribution >= 4 is 18.3 Å². The van der Waals surface area contributed by atoms with E-state index in [9.17, 15) is 4.79 Å². The third-order valence-corrected chi connectivity index (χ3v) is 3.84. The molecule has 0 bridgehead atoms. The van der Waals surface area contributed by atoms with Gasteiger partial charge in [0.25, 0.3) is 0 Å². The molecular formula is C13H25ClN2O. The molecule has 0 aromatic heterocycles. The van der Waals surface area contributed by atoms with E-state index in [2.05, 4.69) is 24.1 Å². The van der Waals surface area contributed by atoms with E-state index in [1.165, 1.54) is 12.8 Å². The van der Waals surface area contributed by atoms with E-state index >= 15 is 0 Å². The van der Waals surface area contributed by atoms with Crippen LogP contribution in [0.2, 0.25) is 0 Å². The van der Waals surface area contributed by atoms with E-state index in [0.29, 0.717) is 5.91 Å². The lowest BCUT2D eigenvalue weighted by atomic mass is 9.88. The van der Waals surface area contributed by atoms with Gasteiger partial charge in [0.1, 0.15) is 0 Å². The van der Waals surface area contributed by atoms with Crippen LogP contribution in [-0.4, -0.2) is 37.0 Å². The minimum Gasteiger partial charge on any atom is -0.342 e. The molecule has 3 nitrogen and oxygen atoms in total. The molecule has 1 amide bonds. The molecule has 4 heteroatoms. The van der Waals surface area contributed by atoms with Gasteiger partial charge in [-0.1, -0.05) is 6.92 Å². The maximum Gasteiger partial charge on any atom is 0.229 e. The predicted molar refractivity (Wildman–Crippen MR) is 72.4 cm³/mol. The molecular weight excluding hydrogens is 236 g/mol. The van der Waals surface area contributed by atoms with Crippen molar-refractivity contribution in [2.24, 2.45) is 11.3 Å². The zero-order chi connectivity index (χ0) is 11.6. The molecule has 1 saturated carbocycles. The maximum atomic E-state index is 12.5. The topological polar surface area (TPSA) is 32.3 Å². The smallest absolute Gasteiger partial charge is 0.229 e. The average Bonchev–Trinajstić information content (AvgIpc) is 2.97. The maximum absolute atomic E-state index is 12.5. The molecule has 2 fully saturated rings. The first-order valence-corrected chi connectivity index (χ1v) is 6.66. The summed E-state index contributed by atoms with van der Waals surface area (Å²) in [5.41, 5.74) is -0.135. The molecule has 1 N–H and O–H groups in total. The molecule has 17 heavy (non-hydrogen) atoms. The third-order valence-electron chi connectivity index (χ3n) is 3.84. The fourth-order valence-corrected chi connectivity index (χ4v) is 2.54. The zero-order valence-corrected chi connectivity index (χ0v) is 11.8. The summed E-state index contributed by atoms with van der Waals surface area (Å²) >= 11 is 0. The standard InChI is InChI=1S/C13H24N2O.ClH/c1-3-8-15(9-11-4-5-11)12(16)13(2)6-7-14-10-13;/h11,14H,3-10H2,1-2H3;1H. The molecule has 2 aliphatic rings. The Hall–Kier alpha value is -0.280. The number of halogens is 1. The van der Waals surface area contributed by atoms with Gasteiger partial charge in [-0.05, 0) is 45.1 Å². The number of nitrogens with zero attached hydrogens (tertiary/aromatic N) is 1. The Morgan fingerprint density at radius 3 is 2.65 bits per heavy atom. The van der Waals surface area contributed by atoms with Gasteiger partial charge in [-0.2, -0.15) is 0 Å². The SMILES string of the molecule is CCCN(CC1CC1)C(=O)C1(C)CCNC1.Cl. The number of hydrogen-bond donors (Lipinski definition) is 1. The molecule has 0 radical (unpaired) electrons. The Kier molecular flexibility index (Phi) is 5.26. The fraction of sp³-hybridized carbons (Fsp3) is 0.923. The lowest BCUT2D eigenvalue weighted by Crippen LogP contribution is -2.44. The van der Waals surface area contributed by atoms with E-state index in [0.717, 1.165) is 44.9 Å². The van der Waals surface area contributed by atoms with Gasteiger partial charge >= 0.3 is 0 Å². The van der Waals surface area contributed by atoms with E-state index in [1.807, 2.05) is 0 Å². The molecule has 1 heterocycles. The molecule has 0 aromatic carbocycles. The lowest BCUT2D eigenvalue weighted by molar-refractivity contribution is -0.140. The largest absolute Gasteiger partial charge is 0.342 e. The monoisotopic (exact) mass is 260 g/mol. The minimum absolute atomic E-state index is 0. The second kappa shape index (κ2) is 6.05. The summed E-state index contributed by atoms with van der Waals surface area (Å²) in [7, 11) is 0. The van der Waals surface area contributed by atoms with Crippen LogP contribution < -0.4 is 5.32 Å². The first-order chi connectivity index (χ1) is 7.65. The van der Waals surface area contributed by atoms with Crippen molar-refractivity contribution in [1.82, 2.24) is 10.2 Å². The van der Waals surface area contributed by atoms with Crippen molar-refractivity contribution in [1.29, 1.82) is 0 Å². The van der Waals surface area contributed by atoms with Crippen LogP contribution in [0.1, 0.15) is 39.5 Å². The second-order valence-corrected chi connectivity index (χ2v) is 5.68. The summed E-state index contributed by atoms with van der Waals surface area (Å²) in [5.74, 6) is 1.18. The summed E-state index contributed by atoms with van der Waals surface area (Å²) in [6.45, 7) is 8.06. The minimum atomic E-state index is -0.135. The van der Waals surface area contributed by atoms with Crippen molar-refractivity contribution in [3.63, 3.8) is 0 Å². The van der Waals surface area contributed by atoms with Crippen molar-refractivity contribution in [2.75, 3.05) is 26.2 Å². The fourth-order valence-electron chi connectivity index (χ4n) is 2.54. The number of rotatable bonds is 5. The Bertz CT molecular complexity index is 260. The molecule has 2 rings (SSSR count). The van der Waals surface area contributed by atoms with Gasteiger partial charge in [0.05, 0.1) is 5.41 Å². The van der Waals surface area contributed by atoms with Crippen LogP contribution >= 0.6 is 12.4 Å². The number of amides is 1. The molecule has 1 atom stereocenters. The highest BCUT2D eigenvalue weighted by atomic mass is 35.5. The highest BCUT2D eigenvalue weighted by Gasteiger charge is 2.40. The van der Waals surface area contributed by atoms with Gasteiger partial charge in [0.15, 0.2) is 0 Å². The van der Waals surface area contributed by atoms with Crippen LogP contribution in [0.5, 0.6) is 0 Å². The van der Waals surface area contributed by atoms with Crippen LogP contribution in [0, 0.1) is 11.3 Å². The first kappa shape index (κ1) is 14.8. The van der Waals surface area contributed by atoms with Crippen molar-refractivity contribution in [3.8, 4) is 0 Å². The van der Waals surface area contributed by atoms with E-state index in [-0.39, 0.29) is 17.8 Å². The van der Waals surface area contributed by atoms with Crippen molar-refractivity contribution < 1.29 is 4.79 Å². The zero-order valence-electron chi connectivity index (χ0n) is 11.0. The molecule has 100 valence electrons. The van der Waals surface area contributed by atoms with Gasteiger partial charge in [-0.25, -0.2) is 0 Å². The van der Waals surface area contributed by atoms with Crippen LogP contribution in [-0.2, 0) is 4.79 Å². The van der Waals surface area contributed by atoms with E-state index in [4.69, 9.17) is 0 Å². The third kappa shape index (κ3) is 3.59. The van der Waals surface area contributed by atoms with Gasteiger partial charge in [-0.3, -0.25) is 4.79 Å². The number of carbonyl (C=O) groups excluding carboxylic acids is 1. The Morgan fingerprint density at radius 1 is 1.47 bits per heavy atom. The first-order valence-electron chi connectivity index (χ1n) is 6.66. The molecule has 1 aliphatic heterocycles. The molecule has 1 aliphatic carbocycles. The Labute approximate surface area is 111 Å². The van der Waals surface area contributed by atoms with Crippen LogP contribution in [0.3, 0.4) is 0 Å². The second-order valence-electron chi connectivity index (χ2n) is 5.68. The van der Waals surface area contributed by atoms with Crippen LogP contribution in [0.15, 0.2) is 0 Å². The normalized spacial score (nSPS) is 27.6. The quantitative estimate of drug-likeness (QED) is 0.821.